The van der Waals surface area contributed by atoms with Crippen molar-refractivity contribution in [1.82, 2.24) is 0 Å². The second-order valence-electron chi connectivity index (χ2n) is 7.31. The lowest BCUT2D eigenvalue weighted by atomic mass is 10.1. The average molecular weight is 397 g/mol. The molecule has 0 fully saturated rings. The fourth-order valence-corrected chi connectivity index (χ4v) is 3.31. The van der Waals surface area contributed by atoms with E-state index in [9.17, 15) is 4.79 Å². The smallest absolute Gasteiger partial charge is 0.344 e. The Labute approximate surface area is 170 Å². The van der Waals surface area contributed by atoms with E-state index < -0.39 is 0 Å². The third-order valence-corrected chi connectivity index (χ3v) is 4.98. The van der Waals surface area contributed by atoms with E-state index >= 15 is 0 Å². The summed E-state index contributed by atoms with van der Waals surface area (Å²) in [6, 6.07) is 5.34. The van der Waals surface area contributed by atoms with Gasteiger partial charge in [-0.15, -0.1) is 0 Å². The molecule has 0 aliphatic carbocycles. The molecule has 0 N–H and O–H groups in total. The molecule has 3 nitrogen and oxygen atoms in total. The molecule has 154 valence electrons. The molecule has 0 heterocycles. The maximum absolute atomic E-state index is 11.7. The number of rotatable bonds is 16. The molecule has 0 bridgehead atoms. The van der Waals surface area contributed by atoms with E-state index in [0.29, 0.717) is 17.4 Å². The molecule has 0 spiro atoms. The van der Waals surface area contributed by atoms with E-state index in [0.717, 1.165) is 18.4 Å². The summed E-state index contributed by atoms with van der Waals surface area (Å²) in [6.07, 6.45) is 15.6. The van der Waals surface area contributed by atoms with Gasteiger partial charge in [0.1, 0.15) is 5.75 Å². The topological polar surface area (TPSA) is 35.5 Å². The maximum Gasteiger partial charge on any atom is 0.344 e. The van der Waals surface area contributed by atoms with Crippen LogP contribution >= 0.6 is 11.6 Å². The molecule has 0 aliphatic heterocycles. The Kier molecular flexibility index (Phi) is 13.9. The minimum absolute atomic E-state index is 0.0548. The van der Waals surface area contributed by atoms with Crippen molar-refractivity contribution in [1.29, 1.82) is 0 Å². The minimum Gasteiger partial charge on any atom is -0.482 e. The summed E-state index contributed by atoms with van der Waals surface area (Å²) in [5.41, 5.74) is 0.913. The lowest BCUT2D eigenvalue weighted by Gasteiger charge is -2.09. The first-order valence-electron chi connectivity index (χ1n) is 10.7. The van der Waals surface area contributed by atoms with Crippen LogP contribution in [-0.4, -0.2) is 19.2 Å². The SMILES string of the molecule is CCCCCCCCCCCCCCOC(=O)COc1ccc(Cl)cc1C. The number of hydrogen-bond acceptors (Lipinski definition) is 3. The van der Waals surface area contributed by atoms with E-state index in [-0.39, 0.29) is 12.6 Å². The molecule has 0 radical (unpaired) electrons. The number of esters is 1. The zero-order valence-corrected chi connectivity index (χ0v) is 18.0. The summed E-state index contributed by atoms with van der Waals surface area (Å²) >= 11 is 5.90. The Hall–Kier alpha value is -1.22. The minimum atomic E-state index is -0.313. The van der Waals surface area contributed by atoms with Crippen LogP contribution in [0.1, 0.15) is 89.5 Å². The van der Waals surface area contributed by atoms with Gasteiger partial charge >= 0.3 is 5.97 Å². The molecule has 27 heavy (non-hydrogen) atoms. The number of halogens is 1. The molecule has 4 heteroatoms. The van der Waals surface area contributed by atoms with Crippen LogP contribution in [0.2, 0.25) is 5.02 Å². The van der Waals surface area contributed by atoms with Gasteiger partial charge in [0, 0.05) is 5.02 Å². The van der Waals surface area contributed by atoms with E-state index in [1.807, 2.05) is 13.0 Å². The lowest BCUT2D eigenvalue weighted by Crippen LogP contribution is -2.15. The highest BCUT2D eigenvalue weighted by molar-refractivity contribution is 6.30. The van der Waals surface area contributed by atoms with Gasteiger partial charge in [-0.3, -0.25) is 0 Å². The van der Waals surface area contributed by atoms with Crippen LogP contribution in [0.3, 0.4) is 0 Å². The molecule has 0 amide bonds. The number of hydrogen-bond donors (Lipinski definition) is 0. The Bertz CT molecular complexity index is 516. The zero-order chi connectivity index (χ0) is 19.7. The number of carbonyl (C=O) groups excluding carboxylic acids is 1. The Balaban J connectivity index is 1.89. The van der Waals surface area contributed by atoms with Crippen LogP contribution in [0.15, 0.2) is 18.2 Å². The summed E-state index contributed by atoms with van der Waals surface area (Å²) in [4.78, 5) is 11.7. The molecule has 0 unspecified atom stereocenters. The lowest BCUT2D eigenvalue weighted by molar-refractivity contribution is -0.146. The monoisotopic (exact) mass is 396 g/mol. The first kappa shape index (κ1) is 23.8. The van der Waals surface area contributed by atoms with Crippen molar-refractivity contribution in [2.45, 2.75) is 90.9 Å². The van der Waals surface area contributed by atoms with Gasteiger partial charge < -0.3 is 9.47 Å². The second-order valence-corrected chi connectivity index (χ2v) is 7.74. The molecular formula is C23H37ClO3. The summed E-state index contributed by atoms with van der Waals surface area (Å²) in [6.45, 7) is 4.59. The number of aryl methyl sites for hydroxylation is 1. The van der Waals surface area contributed by atoms with Crippen LogP contribution in [0, 0.1) is 6.92 Å². The summed E-state index contributed by atoms with van der Waals surface area (Å²) in [5.74, 6) is 0.356. The average Bonchev–Trinajstić information content (AvgIpc) is 2.65. The van der Waals surface area contributed by atoms with Gasteiger partial charge in [-0.25, -0.2) is 4.79 Å². The molecule has 0 atom stereocenters. The molecule has 1 rings (SSSR count). The Morgan fingerprint density at radius 3 is 2.00 bits per heavy atom. The van der Waals surface area contributed by atoms with Crippen LogP contribution in [0.4, 0.5) is 0 Å². The van der Waals surface area contributed by atoms with Gasteiger partial charge in [0.2, 0.25) is 0 Å². The highest BCUT2D eigenvalue weighted by Gasteiger charge is 2.06. The molecule has 0 saturated heterocycles. The predicted octanol–water partition coefficient (Wildman–Crippen LogP) is 7.27. The number of ether oxygens (including phenoxy) is 2. The Morgan fingerprint density at radius 2 is 1.44 bits per heavy atom. The van der Waals surface area contributed by atoms with Gasteiger partial charge in [-0.05, 0) is 37.1 Å². The van der Waals surface area contributed by atoms with Gasteiger partial charge in [0.05, 0.1) is 6.61 Å². The van der Waals surface area contributed by atoms with Gasteiger partial charge in [-0.1, -0.05) is 89.2 Å². The van der Waals surface area contributed by atoms with Gasteiger partial charge in [0.25, 0.3) is 0 Å². The molecular weight excluding hydrogens is 360 g/mol. The van der Waals surface area contributed by atoms with Crippen LogP contribution in [0.25, 0.3) is 0 Å². The predicted molar refractivity (Wildman–Crippen MR) is 114 cm³/mol. The van der Waals surface area contributed by atoms with E-state index in [1.54, 1.807) is 12.1 Å². The quantitative estimate of drug-likeness (QED) is 0.217. The summed E-state index contributed by atoms with van der Waals surface area (Å²) in [7, 11) is 0. The standard InChI is InChI=1S/C23H37ClO3/c1-3-4-5-6-7-8-9-10-11-12-13-14-17-26-23(25)19-27-22-16-15-21(24)18-20(22)2/h15-16,18H,3-14,17,19H2,1-2H3. The molecule has 0 aromatic heterocycles. The van der Waals surface area contributed by atoms with E-state index in [4.69, 9.17) is 21.1 Å². The molecule has 1 aromatic rings. The van der Waals surface area contributed by atoms with Crippen molar-refractivity contribution < 1.29 is 14.3 Å². The van der Waals surface area contributed by atoms with Crippen molar-refractivity contribution >= 4 is 17.6 Å². The van der Waals surface area contributed by atoms with Crippen molar-refractivity contribution in [3.8, 4) is 5.75 Å². The second kappa shape index (κ2) is 15.8. The van der Waals surface area contributed by atoms with Gasteiger partial charge in [0.15, 0.2) is 6.61 Å². The largest absolute Gasteiger partial charge is 0.482 e. The van der Waals surface area contributed by atoms with Crippen molar-refractivity contribution in [2.24, 2.45) is 0 Å². The fraction of sp³-hybridized carbons (Fsp3) is 0.696. The first-order valence-corrected chi connectivity index (χ1v) is 11.1. The van der Waals surface area contributed by atoms with Crippen LogP contribution in [-0.2, 0) is 9.53 Å². The molecule has 0 aliphatic rings. The van der Waals surface area contributed by atoms with Crippen LogP contribution < -0.4 is 4.74 Å². The number of unbranched alkanes of at least 4 members (excludes halogenated alkanes) is 11. The third-order valence-electron chi connectivity index (χ3n) is 4.74. The van der Waals surface area contributed by atoms with Crippen LogP contribution in [0.5, 0.6) is 5.75 Å². The maximum atomic E-state index is 11.7. The Morgan fingerprint density at radius 1 is 0.889 bits per heavy atom. The first-order chi connectivity index (χ1) is 13.1. The molecule has 1 aromatic carbocycles. The third kappa shape index (κ3) is 12.7. The van der Waals surface area contributed by atoms with E-state index in [2.05, 4.69) is 6.92 Å². The van der Waals surface area contributed by atoms with Crippen molar-refractivity contribution in [3.63, 3.8) is 0 Å². The van der Waals surface area contributed by atoms with E-state index in [1.165, 1.54) is 64.2 Å². The fourth-order valence-electron chi connectivity index (χ4n) is 3.08. The zero-order valence-electron chi connectivity index (χ0n) is 17.2. The van der Waals surface area contributed by atoms with Crippen molar-refractivity contribution in [3.05, 3.63) is 28.8 Å². The molecule has 0 saturated carbocycles. The van der Waals surface area contributed by atoms with Gasteiger partial charge in [-0.2, -0.15) is 0 Å². The van der Waals surface area contributed by atoms with Crippen molar-refractivity contribution in [2.75, 3.05) is 13.2 Å². The normalized spacial score (nSPS) is 10.8. The summed E-state index contributed by atoms with van der Waals surface area (Å²) in [5, 5.41) is 0.661. The number of carbonyl (C=O) groups is 1. The number of benzene rings is 1. The highest BCUT2D eigenvalue weighted by Crippen LogP contribution is 2.21. The summed E-state index contributed by atoms with van der Waals surface area (Å²) < 4.78 is 10.7. The highest BCUT2D eigenvalue weighted by atomic mass is 35.5.